The zero-order chi connectivity index (χ0) is 9.73. The van der Waals surface area contributed by atoms with Gasteiger partial charge in [0, 0.05) is 19.4 Å². The summed E-state index contributed by atoms with van der Waals surface area (Å²) in [6.07, 6.45) is 1.70. The molecule has 0 unspecified atom stereocenters. The van der Waals surface area contributed by atoms with E-state index in [0.717, 1.165) is 0 Å². The average molecular weight is 181 g/mol. The Kier molecular flexibility index (Phi) is 3.25. The molecule has 0 amide bonds. The Morgan fingerprint density at radius 2 is 2.15 bits per heavy atom. The van der Waals surface area contributed by atoms with E-state index in [2.05, 4.69) is 4.98 Å². The highest BCUT2D eigenvalue weighted by Gasteiger charge is 2.17. The molecule has 0 saturated heterocycles. The fraction of sp³-hybridized carbons (Fsp3) is 0.500. The number of pyridine rings is 1. The zero-order valence-electron chi connectivity index (χ0n) is 8.28. The molecule has 0 aliphatic carbocycles. The van der Waals surface area contributed by atoms with Gasteiger partial charge in [0.25, 0.3) is 0 Å². The highest BCUT2D eigenvalue weighted by atomic mass is 16.5. The number of ether oxygens (including phenoxy) is 2. The van der Waals surface area contributed by atoms with Gasteiger partial charge < -0.3 is 9.47 Å². The van der Waals surface area contributed by atoms with Crippen molar-refractivity contribution in [2.75, 3.05) is 13.7 Å². The molecule has 0 radical (unpaired) electrons. The second-order valence-electron chi connectivity index (χ2n) is 3.42. The normalized spacial score (nSPS) is 11.3. The minimum Gasteiger partial charge on any atom is -0.475 e. The van der Waals surface area contributed by atoms with Crippen LogP contribution >= 0.6 is 0 Å². The molecule has 0 saturated carbocycles. The monoisotopic (exact) mass is 181 g/mol. The molecule has 0 aliphatic rings. The van der Waals surface area contributed by atoms with Crippen LogP contribution < -0.4 is 4.74 Å². The van der Waals surface area contributed by atoms with Crippen LogP contribution in [0.15, 0.2) is 24.4 Å². The summed E-state index contributed by atoms with van der Waals surface area (Å²) < 4.78 is 10.6. The highest BCUT2D eigenvalue weighted by molar-refractivity contribution is 5.09. The molecular weight excluding hydrogens is 166 g/mol. The van der Waals surface area contributed by atoms with Gasteiger partial charge in [-0.3, -0.25) is 0 Å². The van der Waals surface area contributed by atoms with Crippen molar-refractivity contribution < 1.29 is 9.47 Å². The molecule has 0 fully saturated rings. The molecular formula is C10H15NO2. The van der Waals surface area contributed by atoms with Crippen LogP contribution in [0.1, 0.15) is 13.8 Å². The largest absolute Gasteiger partial charge is 0.475 e. The van der Waals surface area contributed by atoms with Crippen LogP contribution in [0.4, 0.5) is 0 Å². The van der Waals surface area contributed by atoms with Gasteiger partial charge in [0.1, 0.15) is 6.61 Å². The van der Waals surface area contributed by atoms with Crippen LogP contribution in [-0.4, -0.2) is 24.3 Å². The van der Waals surface area contributed by atoms with Gasteiger partial charge in [-0.25, -0.2) is 4.98 Å². The molecule has 0 spiro atoms. The van der Waals surface area contributed by atoms with Crippen LogP contribution in [0.5, 0.6) is 5.88 Å². The second kappa shape index (κ2) is 4.23. The molecule has 1 rings (SSSR count). The molecule has 1 heterocycles. The fourth-order valence-electron chi connectivity index (χ4n) is 0.739. The van der Waals surface area contributed by atoms with E-state index >= 15 is 0 Å². The quantitative estimate of drug-likeness (QED) is 0.710. The van der Waals surface area contributed by atoms with E-state index in [1.165, 1.54) is 0 Å². The van der Waals surface area contributed by atoms with Crippen molar-refractivity contribution in [3.8, 4) is 5.88 Å². The summed E-state index contributed by atoms with van der Waals surface area (Å²) >= 11 is 0. The van der Waals surface area contributed by atoms with Gasteiger partial charge in [-0.1, -0.05) is 6.07 Å². The van der Waals surface area contributed by atoms with Gasteiger partial charge in [-0.05, 0) is 19.9 Å². The molecule has 72 valence electrons. The predicted octanol–water partition coefficient (Wildman–Crippen LogP) is 1.89. The lowest BCUT2D eigenvalue weighted by Crippen LogP contribution is -2.30. The number of rotatable bonds is 4. The summed E-state index contributed by atoms with van der Waals surface area (Å²) in [4.78, 5) is 4.04. The molecule has 0 aromatic carbocycles. The van der Waals surface area contributed by atoms with Crippen molar-refractivity contribution in [2.24, 2.45) is 0 Å². The van der Waals surface area contributed by atoms with Crippen molar-refractivity contribution in [3.63, 3.8) is 0 Å². The Bertz CT molecular complexity index is 246. The van der Waals surface area contributed by atoms with E-state index < -0.39 is 0 Å². The Hall–Kier alpha value is -1.09. The van der Waals surface area contributed by atoms with Gasteiger partial charge >= 0.3 is 0 Å². The highest BCUT2D eigenvalue weighted by Crippen LogP contribution is 2.11. The van der Waals surface area contributed by atoms with E-state index in [1.54, 1.807) is 13.3 Å². The molecule has 3 nitrogen and oxygen atoms in total. The SMILES string of the molecule is COC(C)(C)COc1ccccn1. The summed E-state index contributed by atoms with van der Waals surface area (Å²) in [7, 11) is 1.67. The minimum absolute atomic E-state index is 0.266. The fourth-order valence-corrected chi connectivity index (χ4v) is 0.739. The van der Waals surface area contributed by atoms with E-state index in [1.807, 2.05) is 32.0 Å². The number of methoxy groups -OCH3 is 1. The third-order valence-corrected chi connectivity index (χ3v) is 1.76. The van der Waals surface area contributed by atoms with Gasteiger partial charge in [-0.15, -0.1) is 0 Å². The van der Waals surface area contributed by atoms with Crippen LogP contribution in [0.3, 0.4) is 0 Å². The first-order chi connectivity index (χ1) is 6.14. The number of hydrogen-bond acceptors (Lipinski definition) is 3. The second-order valence-corrected chi connectivity index (χ2v) is 3.42. The standard InChI is InChI=1S/C10H15NO2/c1-10(2,12-3)8-13-9-6-4-5-7-11-9/h4-7H,8H2,1-3H3. The molecule has 0 aliphatic heterocycles. The Morgan fingerprint density at radius 3 is 2.69 bits per heavy atom. The molecule has 1 aromatic rings. The van der Waals surface area contributed by atoms with Crippen molar-refractivity contribution in [1.82, 2.24) is 4.98 Å². The van der Waals surface area contributed by atoms with Crippen LogP contribution in [0.25, 0.3) is 0 Å². The summed E-state index contributed by atoms with van der Waals surface area (Å²) in [6.45, 7) is 4.44. The molecule has 0 bridgehead atoms. The van der Waals surface area contributed by atoms with Crippen molar-refractivity contribution >= 4 is 0 Å². The smallest absolute Gasteiger partial charge is 0.213 e. The van der Waals surface area contributed by atoms with Gasteiger partial charge in [0.15, 0.2) is 0 Å². The van der Waals surface area contributed by atoms with Crippen LogP contribution in [0.2, 0.25) is 0 Å². The van der Waals surface area contributed by atoms with E-state index in [9.17, 15) is 0 Å². The maximum absolute atomic E-state index is 5.43. The lowest BCUT2D eigenvalue weighted by Gasteiger charge is -2.22. The maximum Gasteiger partial charge on any atom is 0.213 e. The van der Waals surface area contributed by atoms with Crippen molar-refractivity contribution in [3.05, 3.63) is 24.4 Å². The van der Waals surface area contributed by atoms with Crippen molar-refractivity contribution in [2.45, 2.75) is 19.4 Å². The first-order valence-electron chi connectivity index (χ1n) is 4.23. The number of aromatic nitrogens is 1. The van der Waals surface area contributed by atoms with E-state index in [0.29, 0.717) is 12.5 Å². The topological polar surface area (TPSA) is 31.4 Å². The molecule has 3 heteroatoms. The summed E-state index contributed by atoms with van der Waals surface area (Å²) in [6, 6.07) is 5.57. The molecule has 0 atom stereocenters. The number of hydrogen-bond donors (Lipinski definition) is 0. The van der Waals surface area contributed by atoms with Crippen molar-refractivity contribution in [1.29, 1.82) is 0 Å². The summed E-state index contributed by atoms with van der Waals surface area (Å²) in [5.41, 5.74) is -0.266. The Balaban J connectivity index is 2.44. The zero-order valence-corrected chi connectivity index (χ0v) is 8.28. The average Bonchev–Trinajstić information content (AvgIpc) is 2.17. The molecule has 1 aromatic heterocycles. The maximum atomic E-state index is 5.43. The lowest BCUT2D eigenvalue weighted by molar-refractivity contribution is -0.0157. The first kappa shape index (κ1) is 9.99. The lowest BCUT2D eigenvalue weighted by atomic mass is 10.1. The predicted molar refractivity (Wildman–Crippen MR) is 50.8 cm³/mol. The molecule has 0 N–H and O–H groups in total. The minimum atomic E-state index is -0.266. The Labute approximate surface area is 78.7 Å². The van der Waals surface area contributed by atoms with E-state index in [-0.39, 0.29) is 5.60 Å². The third kappa shape index (κ3) is 3.42. The van der Waals surface area contributed by atoms with Gasteiger partial charge in [0.05, 0.1) is 5.60 Å². The van der Waals surface area contributed by atoms with E-state index in [4.69, 9.17) is 9.47 Å². The van der Waals surface area contributed by atoms with Crippen LogP contribution in [0, 0.1) is 0 Å². The molecule has 13 heavy (non-hydrogen) atoms. The van der Waals surface area contributed by atoms with Crippen LogP contribution in [-0.2, 0) is 4.74 Å². The summed E-state index contributed by atoms with van der Waals surface area (Å²) in [5.74, 6) is 0.632. The first-order valence-corrected chi connectivity index (χ1v) is 4.23. The van der Waals surface area contributed by atoms with Gasteiger partial charge in [0.2, 0.25) is 5.88 Å². The Morgan fingerprint density at radius 1 is 1.38 bits per heavy atom. The summed E-state index contributed by atoms with van der Waals surface area (Å²) in [5, 5.41) is 0. The number of nitrogens with zero attached hydrogens (tertiary/aromatic N) is 1. The third-order valence-electron chi connectivity index (χ3n) is 1.76. The van der Waals surface area contributed by atoms with Gasteiger partial charge in [-0.2, -0.15) is 0 Å².